The molecule has 6 heterocycles. The number of benzene rings is 1. The largest absolute Gasteiger partial charge is 0.389 e. The highest BCUT2D eigenvalue weighted by Gasteiger charge is 2.28. The fourth-order valence-electron chi connectivity index (χ4n) is 5.27. The Hall–Kier alpha value is -4.44. The number of halogens is 1. The Morgan fingerprint density at radius 2 is 1.74 bits per heavy atom. The molecule has 0 radical (unpaired) electrons. The van der Waals surface area contributed by atoms with E-state index in [4.69, 9.17) is 10.1 Å². The third-order valence-electron chi connectivity index (χ3n) is 7.19. The number of imidazole rings is 1. The Balaban J connectivity index is 1.22. The van der Waals surface area contributed by atoms with Crippen LogP contribution < -0.4 is 9.80 Å². The third-order valence-corrected chi connectivity index (χ3v) is 7.19. The van der Waals surface area contributed by atoms with Crippen LogP contribution >= 0.6 is 0 Å². The van der Waals surface area contributed by atoms with E-state index in [1.165, 1.54) is 6.07 Å². The van der Waals surface area contributed by atoms with Crippen LogP contribution in [0.1, 0.15) is 24.4 Å². The van der Waals surface area contributed by atoms with Crippen LogP contribution in [0.4, 0.5) is 16.2 Å². The first-order valence-corrected chi connectivity index (χ1v) is 12.7. The predicted molar refractivity (Wildman–Crippen MR) is 141 cm³/mol. The quantitative estimate of drug-likeness (QED) is 0.382. The molecule has 1 atom stereocenters. The van der Waals surface area contributed by atoms with Gasteiger partial charge in [0.25, 0.3) is 0 Å². The van der Waals surface area contributed by atoms with Crippen LogP contribution in [-0.4, -0.2) is 60.4 Å². The Labute approximate surface area is 218 Å². The van der Waals surface area contributed by atoms with E-state index in [1.54, 1.807) is 24.5 Å². The van der Waals surface area contributed by atoms with Gasteiger partial charge in [0.15, 0.2) is 5.65 Å². The lowest BCUT2D eigenvalue weighted by Gasteiger charge is -2.35. The summed E-state index contributed by atoms with van der Waals surface area (Å²) in [6.45, 7) is 1.91. The van der Waals surface area contributed by atoms with Gasteiger partial charge in [-0.2, -0.15) is 0 Å². The molecule has 0 bridgehead atoms. The van der Waals surface area contributed by atoms with Crippen LogP contribution in [-0.2, 0) is 0 Å². The summed E-state index contributed by atoms with van der Waals surface area (Å²) in [6, 6.07) is 18.4. The van der Waals surface area contributed by atoms with Crippen LogP contribution in [0.2, 0.25) is 0 Å². The van der Waals surface area contributed by atoms with Crippen molar-refractivity contribution in [3.05, 3.63) is 84.4 Å². The standard InChI is InChI=1S/C28H25FN8O/c29-19-5-1-4-18(14-19)24-8-3-13-36(24)27-10-9-26-31-15-25(37(26)34-27)23-7-2-6-21(32-23)22-11-12-30-28(33-22)35-16-20(38)17-35/h1-2,4-7,9-12,14-15,20,24,38H,3,8,13,16-17H2/t24-/m1/s1. The molecule has 1 aromatic carbocycles. The summed E-state index contributed by atoms with van der Waals surface area (Å²) in [4.78, 5) is 22.6. The minimum absolute atomic E-state index is 0.0727. The summed E-state index contributed by atoms with van der Waals surface area (Å²) in [5.74, 6) is 1.18. The van der Waals surface area contributed by atoms with E-state index in [0.29, 0.717) is 30.4 Å². The number of nitrogens with zero attached hydrogens (tertiary/aromatic N) is 8. The molecule has 2 saturated heterocycles. The number of aliphatic hydroxyl groups is 1. The van der Waals surface area contributed by atoms with E-state index < -0.39 is 0 Å². The average Bonchev–Trinajstić information content (AvgIpc) is 3.59. The molecule has 5 aromatic rings. The number of hydrogen-bond donors (Lipinski definition) is 1. The van der Waals surface area contributed by atoms with Gasteiger partial charge < -0.3 is 14.9 Å². The first kappa shape index (κ1) is 22.7. The maximum Gasteiger partial charge on any atom is 0.226 e. The minimum Gasteiger partial charge on any atom is -0.389 e. The van der Waals surface area contributed by atoms with E-state index in [9.17, 15) is 9.50 Å². The number of pyridine rings is 1. The molecule has 4 aromatic heterocycles. The lowest BCUT2D eigenvalue weighted by atomic mass is 10.0. The van der Waals surface area contributed by atoms with E-state index in [0.717, 1.165) is 47.8 Å². The monoisotopic (exact) mass is 508 g/mol. The van der Waals surface area contributed by atoms with Crippen molar-refractivity contribution >= 4 is 17.4 Å². The zero-order chi connectivity index (χ0) is 25.6. The molecule has 2 aliphatic heterocycles. The number of rotatable bonds is 5. The molecule has 0 aliphatic carbocycles. The molecule has 0 unspecified atom stereocenters. The van der Waals surface area contributed by atoms with Crippen molar-refractivity contribution in [1.29, 1.82) is 0 Å². The second-order valence-corrected chi connectivity index (χ2v) is 9.72. The Morgan fingerprint density at radius 1 is 0.895 bits per heavy atom. The summed E-state index contributed by atoms with van der Waals surface area (Å²) >= 11 is 0. The van der Waals surface area contributed by atoms with Crippen molar-refractivity contribution < 1.29 is 9.50 Å². The van der Waals surface area contributed by atoms with Crippen molar-refractivity contribution in [2.45, 2.75) is 25.0 Å². The highest BCUT2D eigenvalue weighted by molar-refractivity contribution is 5.65. The SMILES string of the molecule is OC1CN(c2nccc(-c3cccc(-c4cnc5ccc(N6CCC[C@@H]6c6cccc(F)c6)nn45)n3)n2)C1. The van der Waals surface area contributed by atoms with Crippen LogP contribution in [0.25, 0.3) is 28.4 Å². The lowest BCUT2D eigenvalue weighted by molar-refractivity contribution is 0.140. The second-order valence-electron chi connectivity index (χ2n) is 9.72. The second kappa shape index (κ2) is 9.14. The summed E-state index contributed by atoms with van der Waals surface area (Å²) in [6.07, 6.45) is 5.11. The molecule has 2 fully saturated rings. The van der Waals surface area contributed by atoms with Crippen molar-refractivity contribution in [3.63, 3.8) is 0 Å². The minimum atomic E-state index is -0.332. The zero-order valence-corrected chi connectivity index (χ0v) is 20.5. The van der Waals surface area contributed by atoms with Gasteiger partial charge in [0.1, 0.15) is 17.3 Å². The highest BCUT2D eigenvalue weighted by atomic mass is 19.1. The maximum absolute atomic E-state index is 13.9. The molecule has 7 rings (SSSR count). The Morgan fingerprint density at radius 3 is 2.61 bits per heavy atom. The van der Waals surface area contributed by atoms with E-state index in [-0.39, 0.29) is 18.0 Å². The first-order chi connectivity index (χ1) is 18.6. The number of hydrogen-bond acceptors (Lipinski definition) is 8. The summed E-state index contributed by atoms with van der Waals surface area (Å²) in [5.41, 5.74) is 4.59. The van der Waals surface area contributed by atoms with Gasteiger partial charge in [-0.25, -0.2) is 28.8 Å². The molecule has 0 amide bonds. The molecule has 9 nitrogen and oxygen atoms in total. The number of aliphatic hydroxyl groups excluding tert-OH is 1. The molecular weight excluding hydrogens is 483 g/mol. The molecule has 0 saturated carbocycles. The van der Waals surface area contributed by atoms with Crippen molar-refractivity contribution in [2.24, 2.45) is 0 Å². The van der Waals surface area contributed by atoms with Gasteiger partial charge >= 0.3 is 0 Å². The first-order valence-electron chi connectivity index (χ1n) is 12.7. The Kier molecular flexibility index (Phi) is 5.47. The number of fused-ring (bicyclic) bond motifs is 1. The van der Waals surface area contributed by atoms with E-state index in [1.807, 2.05) is 51.9 Å². The molecule has 10 heteroatoms. The van der Waals surface area contributed by atoms with Gasteiger partial charge in [-0.15, -0.1) is 5.10 Å². The third kappa shape index (κ3) is 4.03. The normalized spacial score (nSPS) is 17.8. The van der Waals surface area contributed by atoms with E-state index >= 15 is 0 Å². The van der Waals surface area contributed by atoms with Gasteiger partial charge in [0.2, 0.25) is 5.95 Å². The van der Waals surface area contributed by atoms with Crippen LogP contribution in [0, 0.1) is 5.82 Å². The Bertz CT molecular complexity index is 1630. The molecular formula is C28H25FN8O. The van der Waals surface area contributed by atoms with Crippen molar-refractivity contribution in [1.82, 2.24) is 29.5 Å². The van der Waals surface area contributed by atoms with Gasteiger partial charge in [-0.3, -0.25) is 0 Å². The summed E-state index contributed by atoms with van der Waals surface area (Å²) in [5, 5.41) is 14.6. The van der Waals surface area contributed by atoms with Crippen molar-refractivity contribution in [3.8, 4) is 22.8 Å². The van der Waals surface area contributed by atoms with Crippen molar-refractivity contribution in [2.75, 3.05) is 29.4 Å². The van der Waals surface area contributed by atoms with Gasteiger partial charge in [0, 0.05) is 25.8 Å². The predicted octanol–water partition coefficient (Wildman–Crippen LogP) is 3.91. The fourth-order valence-corrected chi connectivity index (χ4v) is 5.27. The van der Waals surface area contributed by atoms with Gasteiger partial charge in [0.05, 0.1) is 35.4 Å². The number of anilines is 2. The molecule has 1 N–H and O–H groups in total. The summed E-state index contributed by atoms with van der Waals surface area (Å²) in [7, 11) is 0. The fraction of sp³-hybridized carbons (Fsp3) is 0.250. The van der Waals surface area contributed by atoms with Gasteiger partial charge in [-0.05, 0) is 60.9 Å². The molecule has 0 spiro atoms. The molecule has 190 valence electrons. The highest BCUT2D eigenvalue weighted by Crippen LogP contribution is 2.36. The number of β-amino-alcohol motifs (C(OH)–C–C–N with tert-alkyl or cyclic N) is 1. The van der Waals surface area contributed by atoms with Crippen LogP contribution in [0.3, 0.4) is 0 Å². The zero-order valence-electron chi connectivity index (χ0n) is 20.5. The summed E-state index contributed by atoms with van der Waals surface area (Å²) < 4.78 is 15.8. The van der Waals surface area contributed by atoms with E-state index in [2.05, 4.69) is 19.9 Å². The average molecular weight is 509 g/mol. The smallest absolute Gasteiger partial charge is 0.226 e. The molecule has 2 aliphatic rings. The van der Waals surface area contributed by atoms with Crippen LogP contribution in [0.5, 0.6) is 0 Å². The van der Waals surface area contributed by atoms with Crippen LogP contribution in [0.15, 0.2) is 73.1 Å². The van der Waals surface area contributed by atoms with Gasteiger partial charge in [-0.1, -0.05) is 18.2 Å². The number of aromatic nitrogens is 6. The maximum atomic E-state index is 13.9. The topological polar surface area (TPSA) is 95.6 Å². The molecule has 38 heavy (non-hydrogen) atoms. The lowest BCUT2D eigenvalue weighted by Crippen LogP contribution is -2.51.